The summed E-state index contributed by atoms with van der Waals surface area (Å²) in [6.07, 6.45) is 1.90. The zero-order valence-corrected chi connectivity index (χ0v) is 13.7. The van der Waals surface area contributed by atoms with E-state index in [1.165, 1.54) is 4.31 Å². The Morgan fingerprint density at radius 2 is 1.90 bits per heavy atom. The average molecular weight is 300 g/mol. The van der Waals surface area contributed by atoms with E-state index in [-0.39, 0.29) is 6.04 Å². The van der Waals surface area contributed by atoms with Crippen LogP contribution in [0.4, 0.5) is 0 Å². The van der Waals surface area contributed by atoms with Crippen LogP contribution in [-0.2, 0) is 16.6 Å². The molecule has 1 heterocycles. The van der Waals surface area contributed by atoms with Crippen molar-refractivity contribution >= 4 is 10.0 Å². The quantitative estimate of drug-likeness (QED) is 0.874. The Bertz CT molecular complexity index is 586. The maximum absolute atomic E-state index is 12.8. The van der Waals surface area contributed by atoms with Crippen molar-refractivity contribution < 1.29 is 12.8 Å². The van der Waals surface area contributed by atoms with Gasteiger partial charge >= 0.3 is 0 Å². The Morgan fingerprint density at radius 1 is 1.30 bits per heavy atom. The first-order valence-corrected chi connectivity index (χ1v) is 8.49. The van der Waals surface area contributed by atoms with E-state index in [1.807, 2.05) is 20.8 Å². The fraction of sp³-hybridized carbons (Fsp3) is 0.714. The van der Waals surface area contributed by atoms with Gasteiger partial charge in [-0.05, 0) is 26.7 Å². The van der Waals surface area contributed by atoms with Gasteiger partial charge < -0.3 is 9.73 Å². The molecule has 6 heteroatoms. The molecule has 0 bridgehead atoms. The van der Waals surface area contributed by atoms with Crippen molar-refractivity contribution in [2.75, 3.05) is 7.05 Å². The molecule has 0 radical (unpaired) electrons. The molecular formula is C14H24N2O3S. The lowest BCUT2D eigenvalue weighted by Gasteiger charge is -2.17. The van der Waals surface area contributed by atoms with E-state index in [4.69, 9.17) is 4.42 Å². The van der Waals surface area contributed by atoms with Gasteiger partial charge in [-0.3, -0.25) is 0 Å². The Balaban J connectivity index is 2.39. The van der Waals surface area contributed by atoms with Crippen LogP contribution in [0.2, 0.25) is 0 Å². The Labute approximate surface area is 121 Å². The lowest BCUT2D eigenvalue weighted by Crippen LogP contribution is -2.31. The molecule has 0 aromatic carbocycles. The van der Waals surface area contributed by atoms with Crippen molar-refractivity contribution in [1.82, 2.24) is 9.62 Å². The van der Waals surface area contributed by atoms with Gasteiger partial charge in [-0.15, -0.1) is 0 Å². The van der Waals surface area contributed by atoms with Crippen LogP contribution in [0.3, 0.4) is 0 Å². The standard InChI is InChI=1S/C14H24N2O3S/c1-9(2)15-8-13-10(3)19-11(4)14(13)20(17,18)16(5)12-6-7-12/h9,12,15H,6-8H2,1-5H3. The van der Waals surface area contributed by atoms with Gasteiger partial charge in [0.1, 0.15) is 16.4 Å². The number of furan rings is 1. The predicted octanol–water partition coefficient (Wildman–Crippen LogP) is 2.18. The van der Waals surface area contributed by atoms with Crippen molar-refractivity contribution in [1.29, 1.82) is 0 Å². The molecular weight excluding hydrogens is 276 g/mol. The van der Waals surface area contributed by atoms with E-state index in [0.29, 0.717) is 29.0 Å². The number of sulfonamides is 1. The molecule has 1 aromatic heterocycles. The molecule has 0 aliphatic heterocycles. The molecule has 1 aromatic rings. The molecule has 0 spiro atoms. The molecule has 114 valence electrons. The lowest BCUT2D eigenvalue weighted by atomic mass is 10.2. The summed E-state index contributed by atoms with van der Waals surface area (Å²) in [5.41, 5.74) is 0.753. The Morgan fingerprint density at radius 3 is 2.40 bits per heavy atom. The van der Waals surface area contributed by atoms with Crippen molar-refractivity contribution in [2.45, 2.75) is 64.1 Å². The minimum absolute atomic E-state index is 0.153. The summed E-state index contributed by atoms with van der Waals surface area (Å²) in [7, 11) is -1.80. The van der Waals surface area contributed by atoms with Gasteiger partial charge in [0, 0.05) is 31.2 Å². The van der Waals surface area contributed by atoms with Gasteiger partial charge in [-0.2, -0.15) is 4.31 Å². The molecule has 1 N–H and O–H groups in total. The van der Waals surface area contributed by atoms with Crippen molar-refractivity contribution in [3.63, 3.8) is 0 Å². The average Bonchev–Trinajstić information content (AvgIpc) is 3.12. The zero-order chi connectivity index (χ0) is 15.1. The number of rotatable bonds is 6. The van der Waals surface area contributed by atoms with Crippen molar-refractivity contribution in [2.24, 2.45) is 0 Å². The number of hydrogen-bond donors (Lipinski definition) is 1. The largest absolute Gasteiger partial charge is 0.465 e. The zero-order valence-electron chi connectivity index (χ0n) is 12.9. The second kappa shape index (κ2) is 5.50. The van der Waals surface area contributed by atoms with Gasteiger partial charge in [0.25, 0.3) is 0 Å². The van der Waals surface area contributed by atoms with Crippen LogP contribution in [0, 0.1) is 13.8 Å². The normalized spacial score (nSPS) is 16.4. The van der Waals surface area contributed by atoms with Crippen molar-refractivity contribution in [3.8, 4) is 0 Å². The molecule has 0 amide bonds. The second-order valence-electron chi connectivity index (χ2n) is 5.81. The minimum atomic E-state index is -3.46. The van der Waals surface area contributed by atoms with Gasteiger partial charge in [0.05, 0.1) is 0 Å². The van der Waals surface area contributed by atoms with Crippen LogP contribution in [0.5, 0.6) is 0 Å². The van der Waals surface area contributed by atoms with E-state index in [1.54, 1.807) is 14.0 Å². The summed E-state index contributed by atoms with van der Waals surface area (Å²) in [6, 6.07) is 0.446. The molecule has 20 heavy (non-hydrogen) atoms. The van der Waals surface area contributed by atoms with E-state index in [9.17, 15) is 8.42 Å². The van der Waals surface area contributed by atoms with Gasteiger partial charge in [0.15, 0.2) is 0 Å². The summed E-state index contributed by atoms with van der Waals surface area (Å²) in [6.45, 7) is 8.12. The van der Waals surface area contributed by atoms with Crippen LogP contribution in [0.1, 0.15) is 43.8 Å². The maximum atomic E-state index is 12.8. The summed E-state index contributed by atoms with van der Waals surface area (Å²) in [4.78, 5) is 0.345. The third kappa shape index (κ3) is 2.92. The molecule has 0 atom stereocenters. The SMILES string of the molecule is Cc1oc(C)c(S(=O)(=O)N(C)C2CC2)c1CNC(C)C. The number of nitrogens with zero attached hydrogens (tertiary/aromatic N) is 1. The molecule has 1 saturated carbocycles. The minimum Gasteiger partial charge on any atom is -0.465 e. The number of aryl methyl sites for hydroxylation is 2. The first kappa shape index (κ1) is 15.5. The number of nitrogens with one attached hydrogen (secondary N) is 1. The summed E-state index contributed by atoms with van der Waals surface area (Å²) < 4.78 is 32.6. The molecule has 5 nitrogen and oxygen atoms in total. The fourth-order valence-electron chi connectivity index (χ4n) is 2.34. The molecule has 1 aliphatic carbocycles. The molecule has 2 rings (SSSR count). The van der Waals surface area contributed by atoms with Crippen LogP contribution >= 0.6 is 0 Å². The van der Waals surface area contributed by atoms with E-state index < -0.39 is 10.0 Å². The van der Waals surface area contributed by atoms with Crippen LogP contribution in [-0.4, -0.2) is 31.9 Å². The van der Waals surface area contributed by atoms with E-state index in [2.05, 4.69) is 5.32 Å². The second-order valence-corrected chi connectivity index (χ2v) is 7.74. The highest BCUT2D eigenvalue weighted by atomic mass is 32.2. The maximum Gasteiger partial charge on any atom is 0.246 e. The topological polar surface area (TPSA) is 62.6 Å². The highest BCUT2D eigenvalue weighted by molar-refractivity contribution is 7.89. The highest BCUT2D eigenvalue weighted by Crippen LogP contribution is 2.34. The third-order valence-corrected chi connectivity index (χ3v) is 5.82. The molecule has 0 unspecified atom stereocenters. The highest BCUT2D eigenvalue weighted by Gasteiger charge is 2.38. The van der Waals surface area contributed by atoms with Crippen molar-refractivity contribution in [3.05, 3.63) is 17.1 Å². The molecule has 1 fully saturated rings. The van der Waals surface area contributed by atoms with Crippen LogP contribution < -0.4 is 5.32 Å². The first-order valence-electron chi connectivity index (χ1n) is 7.05. The van der Waals surface area contributed by atoms with E-state index in [0.717, 1.165) is 18.4 Å². The summed E-state index contributed by atoms with van der Waals surface area (Å²) in [5, 5.41) is 3.27. The fourth-order valence-corrected chi connectivity index (χ4v) is 4.16. The van der Waals surface area contributed by atoms with Gasteiger partial charge in [-0.1, -0.05) is 13.8 Å². The predicted molar refractivity (Wildman–Crippen MR) is 78.1 cm³/mol. The van der Waals surface area contributed by atoms with Crippen LogP contribution in [0.25, 0.3) is 0 Å². The number of hydrogen-bond acceptors (Lipinski definition) is 4. The van der Waals surface area contributed by atoms with Gasteiger partial charge in [-0.25, -0.2) is 8.42 Å². The van der Waals surface area contributed by atoms with Crippen LogP contribution in [0.15, 0.2) is 9.31 Å². The summed E-state index contributed by atoms with van der Waals surface area (Å²) in [5.74, 6) is 1.16. The van der Waals surface area contributed by atoms with E-state index >= 15 is 0 Å². The Kier molecular flexibility index (Phi) is 4.27. The third-order valence-electron chi connectivity index (χ3n) is 3.71. The Hall–Kier alpha value is -0.850. The smallest absolute Gasteiger partial charge is 0.246 e. The van der Waals surface area contributed by atoms with Gasteiger partial charge in [0.2, 0.25) is 10.0 Å². The summed E-state index contributed by atoms with van der Waals surface area (Å²) >= 11 is 0. The molecule has 1 aliphatic rings. The monoisotopic (exact) mass is 300 g/mol. The first-order chi connectivity index (χ1) is 9.25. The molecule has 0 saturated heterocycles. The lowest BCUT2D eigenvalue weighted by molar-refractivity contribution is 0.457.